The molecule has 1 aliphatic heterocycles. The predicted octanol–water partition coefficient (Wildman–Crippen LogP) is 1.10. The summed E-state index contributed by atoms with van der Waals surface area (Å²) in [5.41, 5.74) is 0. The molecule has 0 spiro atoms. The molecule has 1 fully saturated rings. The van der Waals surface area contributed by atoms with Crippen LogP contribution < -0.4 is 5.32 Å². The highest BCUT2D eigenvalue weighted by molar-refractivity contribution is 6.08. The first-order chi connectivity index (χ1) is 9.47. The minimum Gasteiger partial charge on any atom is -0.357 e. The molecule has 0 aromatic rings. The number of likely N-dealkylation sites (N-methyl/N-ethyl adjacent to an activating group) is 1. The number of likely N-dealkylation sites (tertiary alicyclic amines) is 1. The molecule has 5 nitrogen and oxygen atoms in total. The number of nitrogens with zero attached hydrogens (tertiary/aromatic N) is 1. The van der Waals surface area contributed by atoms with Gasteiger partial charge in [-0.3, -0.25) is 19.3 Å². The second-order valence-electron chi connectivity index (χ2n) is 5.96. The Kier molecular flexibility index (Phi) is 4.26. The SMILES string of the molecule is CNC(=O)[C@H](CC(C)C)N1C(=O)[C@H]2CC=CC[C@@H]2C1=O. The van der Waals surface area contributed by atoms with Crippen molar-refractivity contribution in [3.8, 4) is 0 Å². The van der Waals surface area contributed by atoms with Crippen LogP contribution in [-0.2, 0) is 14.4 Å². The molecule has 3 atom stereocenters. The second kappa shape index (κ2) is 5.77. The zero-order chi connectivity index (χ0) is 14.9. The average molecular weight is 278 g/mol. The van der Waals surface area contributed by atoms with E-state index in [1.165, 1.54) is 11.9 Å². The highest BCUT2D eigenvalue weighted by Gasteiger charge is 2.50. The van der Waals surface area contributed by atoms with Gasteiger partial charge in [0, 0.05) is 7.05 Å². The third kappa shape index (κ3) is 2.49. The van der Waals surface area contributed by atoms with Crippen molar-refractivity contribution in [1.29, 1.82) is 0 Å². The van der Waals surface area contributed by atoms with E-state index in [1.54, 1.807) is 0 Å². The molecule has 1 aliphatic carbocycles. The lowest BCUT2D eigenvalue weighted by atomic mass is 9.85. The zero-order valence-corrected chi connectivity index (χ0v) is 12.3. The van der Waals surface area contributed by atoms with Crippen LogP contribution in [0.25, 0.3) is 0 Å². The van der Waals surface area contributed by atoms with E-state index in [2.05, 4.69) is 5.32 Å². The van der Waals surface area contributed by atoms with Crippen LogP contribution in [0.3, 0.4) is 0 Å². The van der Waals surface area contributed by atoms with Gasteiger partial charge < -0.3 is 5.32 Å². The topological polar surface area (TPSA) is 66.5 Å². The zero-order valence-electron chi connectivity index (χ0n) is 12.3. The molecule has 0 saturated carbocycles. The summed E-state index contributed by atoms with van der Waals surface area (Å²) in [6, 6.07) is -0.675. The maximum atomic E-state index is 12.5. The lowest BCUT2D eigenvalue weighted by molar-refractivity contribution is -0.148. The Bertz CT molecular complexity index is 430. The van der Waals surface area contributed by atoms with Gasteiger partial charge in [-0.05, 0) is 25.2 Å². The Morgan fingerprint density at radius 1 is 1.25 bits per heavy atom. The molecule has 2 rings (SSSR count). The molecule has 1 N–H and O–H groups in total. The Morgan fingerprint density at radius 2 is 1.75 bits per heavy atom. The van der Waals surface area contributed by atoms with Crippen molar-refractivity contribution in [3.63, 3.8) is 0 Å². The standard InChI is InChI=1S/C15H22N2O3/c1-9(2)8-12(13(18)16-3)17-14(19)10-6-4-5-7-11(10)15(17)20/h4-5,9-12H,6-8H2,1-3H3,(H,16,18)/t10-,11-,12-/m0/s1. The largest absolute Gasteiger partial charge is 0.357 e. The van der Waals surface area contributed by atoms with Gasteiger partial charge in [0.1, 0.15) is 6.04 Å². The maximum Gasteiger partial charge on any atom is 0.243 e. The number of amides is 3. The molecule has 2 aliphatic rings. The summed E-state index contributed by atoms with van der Waals surface area (Å²) in [7, 11) is 1.54. The van der Waals surface area contributed by atoms with E-state index in [0.717, 1.165) is 0 Å². The van der Waals surface area contributed by atoms with Crippen LogP contribution in [0, 0.1) is 17.8 Å². The fourth-order valence-electron chi connectivity index (χ4n) is 3.08. The van der Waals surface area contributed by atoms with E-state index in [9.17, 15) is 14.4 Å². The van der Waals surface area contributed by atoms with Gasteiger partial charge in [-0.15, -0.1) is 0 Å². The van der Waals surface area contributed by atoms with Gasteiger partial charge in [-0.2, -0.15) is 0 Å². The van der Waals surface area contributed by atoms with Gasteiger partial charge in [0.2, 0.25) is 17.7 Å². The van der Waals surface area contributed by atoms with Crippen LogP contribution in [0.4, 0.5) is 0 Å². The van der Waals surface area contributed by atoms with E-state index < -0.39 is 6.04 Å². The number of hydrogen-bond donors (Lipinski definition) is 1. The summed E-state index contributed by atoms with van der Waals surface area (Å²) in [5, 5.41) is 2.57. The van der Waals surface area contributed by atoms with Crippen molar-refractivity contribution in [1.82, 2.24) is 10.2 Å². The predicted molar refractivity (Wildman–Crippen MR) is 74.5 cm³/mol. The molecule has 110 valence electrons. The molecule has 20 heavy (non-hydrogen) atoms. The highest BCUT2D eigenvalue weighted by atomic mass is 16.2. The van der Waals surface area contributed by atoms with Gasteiger partial charge in [-0.25, -0.2) is 0 Å². The van der Waals surface area contributed by atoms with Gasteiger partial charge in [0.25, 0.3) is 0 Å². The first kappa shape index (κ1) is 14.8. The lowest BCUT2D eigenvalue weighted by Crippen LogP contribution is -2.49. The number of imide groups is 1. The first-order valence-electron chi connectivity index (χ1n) is 7.20. The summed E-state index contributed by atoms with van der Waals surface area (Å²) in [6.45, 7) is 3.96. The van der Waals surface area contributed by atoms with E-state index in [4.69, 9.17) is 0 Å². The van der Waals surface area contributed by atoms with Crippen LogP contribution in [0.1, 0.15) is 33.1 Å². The normalized spacial score (nSPS) is 26.9. The third-order valence-corrected chi connectivity index (χ3v) is 4.10. The smallest absolute Gasteiger partial charge is 0.243 e. The van der Waals surface area contributed by atoms with Crippen molar-refractivity contribution in [2.24, 2.45) is 17.8 Å². The maximum absolute atomic E-state index is 12.5. The fourth-order valence-corrected chi connectivity index (χ4v) is 3.08. The monoisotopic (exact) mass is 278 g/mol. The molecule has 0 aromatic heterocycles. The van der Waals surface area contributed by atoms with Crippen LogP contribution in [0.15, 0.2) is 12.2 Å². The average Bonchev–Trinajstić information content (AvgIpc) is 2.68. The van der Waals surface area contributed by atoms with Crippen molar-refractivity contribution in [3.05, 3.63) is 12.2 Å². The molecule has 5 heteroatoms. The van der Waals surface area contributed by atoms with Crippen LogP contribution in [0.5, 0.6) is 0 Å². The Labute approximate surface area is 119 Å². The molecule has 0 aromatic carbocycles. The van der Waals surface area contributed by atoms with Crippen molar-refractivity contribution < 1.29 is 14.4 Å². The van der Waals surface area contributed by atoms with Crippen molar-refractivity contribution in [2.75, 3.05) is 7.05 Å². The Balaban J connectivity index is 2.27. The number of fused-ring (bicyclic) bond motifs is 1. The van der Waals surface area contributed by atoms with Crippen LogP contribution in [-0.4, -0.2) is 35.7 Å². The second-order valence-corrected chi connectivity index (χ2v) is 5.96. The number of carbonyl (C=O) groups is 3. The molecule has 0 bridgehead atoms. The third-order valence-electron chi connectivity index (χ3n) is 4.10. The van der Waals surface area contributed by atoms with Gasteiger partial charge >= 0.3 is 0 Å². The van der Waals surface area contributed by atoms with E-state index in [1.807, 2.05) is 26.0 Å². The first-order valence-corrected chi connectivity index (χ1v) is 7.20. The van der Waals surface area contributed by atoms with Crippen LogP contribution >= 0.6 is 0 Å². The Morgan fingerprint density at radius 3 is 2.15 bits per heavy atom. The summed E-state index contributed by atoms with van der Waals surface area (Å²) in [6.07, 6.45) is 5.62. The molecule has 3 amide bonds. The number of carbonyl (C=O) groups excluding carboxylic acids is 3. The van der Waals surface area contributed by atoms with E-state index >= 15 is 0 Å². The van der Waals surface area contributed by atoms with Crippen molar-refractivity contribution in [2.45, 2.75) is 39.2 Å². The lowest BCUT2D eigenvalue weighted by Gasteiger charge is -2.26. The fraction of sp³-hybridized carbons (Fsp3) is 0.667. The summed E-state index contributed by atoms with van der Waals surface area (Å²) < 4.78 is 0. The summed E-state index contributed by atoms with van der Waals surface area (Å²) in [5.74, 6) is -0.929. The molecular weight excluding hydrogens is 256 g/mol. The molecule has 1 saturated heterocycles. The number of nitrogens with one attached hydrogen (secondary N) is 1. The molecule has 0 unspecified atom stereocenters. The molecule has 1 heterocycles. The number of hydrogen-bond acceptors (Lipinski definition) is 3. The minimum absolute atomic E-state index is 0.182. The van der Waals surface area contributed by atoms with E-state index in [0.29, 0.717) is 19.3 Å². The van der Waals surface area contributed by atoms with Gasteiger partial charge in [0.05, 0.1) is 11.8 Å². The summed E-state index contributed by atoms with van der Waals surface area (Å²) >= 11 is 0. The molecular formula is C15H22N2O3. The van der Waals surface area contributed by atoms with Crippen molar-refractivity contribution >= 4 is 17.7 Å². The van der Waals surface area contributed by atoms with Gasteiger partial charge in [-0.1, -0.05) is 26.0 Å². The quantitative estimate of drug-likeness (QED) is 0.618. The number of allylic oxidation sites excluding steroid dienone is 2. The van der Waals surface area contributed by atoms with E-state index in [-0.39, 0.29) is 35.5 Å². The number of rotatable bonds is 4. The highest BCUT2D eigenvalue weighted by Crippen LogP contribution is 2.36. The van der Waals surface area contributed by atoms with Gasteiger partial charge in [0.15, 0.2) is 0 Å². The minimum atomic E-state index is -0.675. The Hall–Kier alpha value is -1.65. The molecule has 0 radical (unpaired) electrons. The summed E-state index contributed by atoms with van der Waals surface area (Å²) in [4.78, 5) is 38.3. The van der Waals surface area contributed by atoms with Crippen LogP contribution in [0.2, 0.25) is 0 Å².